The van der Waals surface area contributed by atoms with Gasteiger partial charge in [-0.05, 0) is 35.4 Å². The first-order valence-corrected chi connectivity index (χ1v) is 8.84. The third-order valence-corrected chi connectivity index (χ3v) is 5.49. The van der Waals surface area contributed by atoms with Crippen molar-refractivity contribution in [3.05, 3.63) is 57.9 Å². The Morgan fingerprint density at radius 2 is 1.87 bits per heavy atom. The summed E-state index contributed by atoms with van der Waals surface area (Å²) in [6.45, 7) is 4.33. The third kappa shape index (κ3) is 2.57. The smallest absolute Gasteiger partial charge is 0.163 e. The van der Waals surface area contributed by atoms with Crippen molar-refractivity contribution in [1.29, 1.82) is 0 Å². The number of benzene rings is 1. The lowest BCUT2D eigenvalue weighted by Crippen LogP contribution is -2.31. The van der Waals surface area contributed by atoms with Crippen LogP contribution in [0.3, 0.4) is 0 Å². The number of carbonyl (C=O) groups is 1. The summed E-state index contributed by atoms with van der Waals surface area (Å²) in [5.74, 6) is 0.252. The second kappa shape index (κ2) is 5.24. The van der Waals surface area contributed by atoms with Gasteiger partial charge >= 0.3 is 0 Å². The lowest BCUT2D eigenvalue weighted by atomic mass is 9.74. The second-order valence-corrected chi connectivity index (χ2v) is 8.08. The number of nitrogens with one attached hydrogen (secondary N) is 2. The Morgan fingerprint density at radius 3 is 2.61 bits per heavy atom. The maximum Gasteiger partial charge on any atom is 0.163 e. The van der Waals surface area contributed by atoms with E-state index in [-0.39, 0.29) is 17.2 Å². The molecule has 3 nitrogen and oxygen atoms in total. The molecule has 1 aromatic heterocycles. The van der Waals surface area contributed by atoms with Crippen molar-refractivity contribution in [2.75, 3.05) is 10.6 Å². The Kier molecular flexibility index (Phi) is 3.31. The van der Waals surface area contributed by atoms with Gasteiger partial charge in [-0.2, -0.15) is 0 Å². The summed E-state index contributed by atoms with van der Waals surface area (Å²) in [5.41, 5.74) is 4.07. The highest BCUT2D eigenvalue weighted by molar-refractivity contribution is 7.10. The molecule has 0 radical (unpaired) electrons. The fourth-order valence-corrected chi connectivity index (χ4v) is 4.34. The van der Waals surface area contributed by atoms with Crippen LogP contribution in [0.2, 0.25) is 0 Å². The van der Waals surface area contributed by atoms with Crippen molar-refractivity contribution < 1.29 is 4.79 Å². The van der Waals surface area contributed by atoms with E-state index in [1.807, 2.05) is 18.2 Å². The van der Waals surface area contributed by atoms with E-state index in [0.29, 0.717) is 6.42 Å². The molecule has 23 heavy (non-hydrogen) atoms. The first-order valence-electron chi connectivity index (χ1n) is 7.96. The van der Waals surface area contributed by atoms with Gasteiger partial charge < -0.3 is 10.6 Å². The van der Waals surface area contributed by atoms with Crippen LogP contribution in [0.15, 0.2) is 53.0 Å². The number of fused-ring (bicyclic) bond motifs is 1. The van der Waals surface area contributed by atoms with E-state index in [1.54, 1.807) is 11.3 Å². The van der Waals surface area contributed by atoms with Gasteiger partial charge in [0.05, 0.1) is 17.4 Å². The van der Waals surface area contributed by atoms with E-state index in [1.165, 1.54) is 4.88 Å². The number of ketones is 1. The molecule has 1 atom stereocenters. The van der Waals surface area contributed by atoms with Gasteiger partial charge in [0.25, 0.3) is 0 Å². The number of thiophene rings is 1. The van der Waals surface area contributed by atoms with Gasteiger partial charge in [-0.1, -0.05) is 32.0 Å². The Balaban J connectivity index is 1.88. The number of anilines is 2. The van der Waals surface area contributed by atoms with Gasteiger partial charge in [0, 0.05) is 22.6 Å². The minimum absolute atomic E-state index is 0.00218. The van der Waals surface area contributed by atoms with E-state index in [0.717, 1.165) is 29.1 Å². The minimum atomic E-state index is -0.0650. The lowest BCUT2D eigenvalue weighted by molar-refractivity contribution is -0.118. The van der Waals surface area contributed by atoms with Crippen molar-refractivity contribution in [2.24, 2.45) is 5.41 Å². The van der Waals surface area contributed by atoms with Crippen molar-refractivity contribution in [1.82, 2.24) is 0 Å². The quantitative estimate of drug-likeness (QED) is 0.778. The first kappa shape index (κ1) is 14.5. The predicted octanol–water partition coefficient (Wildman–Crippen LogP) is 4.97. The zero-order valence-electron chi connectivity index (χ0n) is 13.3. The van der Waals surface area contributed by atoms with Crippen molar-refractivity contribution in [3.8, 4) is 0 Å². The molecule has 0 saturated heterocycles. The van der Waals surface area contributed by atoms with Crippen LogP contribution in [-0.2, 0) is 4.79 Å². The molecule has 0 unspecified atom stereocenters. The van der Waals surface area contributed by atoms with Gasteiger partial charge in [0.2, 0.25) is 0 Å². The molecule has 0 amide bonds. The van der Waals surface area contributed by atoms with E-state index >= 15 is 0 Å². The van der Waals surface area contributed by atoms with Crippen LogP contribution in [0.4, 0.5) is 11.4 Å². The lowest BCUT2D eigenvalue weighted by Gasteiger charge is -2.33. The van der Waals surface area contributed by atoms with E-state index < -0.39 is 0 Å². The molecule has 1 aliphatic carbocycles. The maximum absolute atomic E-state index is 12.9. The van der Waals surface area contributed by atoms with Gasteiger partial charge in [-0.15, -0.1) is 11.3 Å². The zero-order valence-corrected chi connectivity index (χ0v) is 14.2. The Hall–Kier alpha value is -2.07. The number of carbonyl (C=O) groups excluding carboxylic acids is 1. The standard InChI is InChI=1S/C19H20N2OS/c1-19(2)10-14-17(15(22)11-19)18(16-8-5-9-23-16)21-13-7-4-3-6-12(13)20-14/h3-9,18,20-21H,10-11H2,1-2H3/t18-/m1/s1. The molecule has 2 heterocycles. The number of Topliss-reactive ketones (excluding diaryl/α,β-unsaturated/α-hetero) is 1. The highest BCUT2D eigenvalue weighted by Crippen LogP contribution is 2.45. The van der Waals surface area contributed by atoms with Crippen LogP contribution in [-0.4, -0.2) is 5.78 Å². The maximum atomic E-state index is 12.9. The fourth-order valence-electron chi connectivity index (χ4n) is 3.56. The van der Waals surface area contributed by atoms with Crippen LogP contribution < -0.4 is 10.6 Å². The molecule has 2 aromatic rings. The van der Waals surface area contributed by atoms with Crippen molar-refractivity contribution in [2.45, 2.75) is 32.7 Å². The molecule has 2 N–H and O–H groups in total. The minimum Gasteiger partial charge on any atom is -0.372 e. The number of hydrogen-bond donors (Lipinski definition) is 2. The topological polar surface area (TPSA) is 41.1 Å². The molecule has 1 aliphatic heterocycles. The molecule has 118 valence electrons. The van der Waals surface area contributed by atoms with Crippen LogP contribution in [0, 0.1) is 5.41 Å². The molecular formula is C19H20N2OS. The van der Waals surface area contributed by atoms with Crippen LogP contribution in [0.25, 0.3) is 0 Å². The molecule has 0 saturated carbocycles. The van der Waals surface area contributed by atoms with Gasteiger partial charge in [0.1, 0.15) is 0 Å². The SMILES string of the molecule is CC1(C)CC(=O)C2=C(C1)Nc1ccccc1N[C@@H]2c1cccs1. The van der Waals surface area contributed by atoms with Crippen LogP contribution in [0.1, 0.15) is 37.6 Å². The molecule has 0 fully saturated rings. The molecule has 2 aliphatic rings. The third-order valence-electron chi connectivity index (χ3n) is 4.55. The first-order chi connectivity index (χ1) is 11.0. The average Bonchev–Trinajstić information content (AvgIpc) is 2.95. The molecule has 4 rings (SSSR count). The molecular weight excluding hydrogens is 304 g/mol. The number of rotatable bonds is 1. The molecule has 0 spiro atoms. The molecule has 1 aromatic carbocycles. The summed E-state index contributed by atoms with van der Waals surface area (Å²) in [7, 11) is 0. The highest BCUT2D eigenvalue weighted by Gasteiger charge is 2.38. The predicted molar refractivity (Wildman–Crippen MR) is 95.8 cm³/mol. The molecule has 0 bridgehead atoms. The number of allylic oxidation sites excluding steroid dienone is 1. The van der Waals surface area contributed by atoms with Gasteiger partial charge in [-0.25, -0.2) is 0 Å². The molecule has 4 heteroatoms. The number of para-hydroxylation sites is 2. The summed E-state index contributed by atoms with van der Waals surface area (Å²) in [5, 5.41) is 9.20. The van der Waals surface area contributed by atoms with Crippen molar-refractivity contribution >= 4 is 28.5 Å². The Morgan fingerprint density at radius 1 is 1.09 bits per heavy atom. The largest absolute Gasteiger partial charge is 0.372 e. The average molecular weight is 324 g/mol. The van der Waals surface area contributed by atoms with E-state index in [4.69, 9.17) is 0 Å². The zero-order chi connectivity index (χ0) is 16.0. The van der Waals surface area contributed by atoms with Gasteiger partial charge in [0.15, 0.2) is 5.78 Å². The number of hydrogen-bond acceptors (Lipinski definition) is 4. The van der Waals surface area contributed by atoms with E-state index in [2.05, 4.69) is 48.1 Å². The summed E-state index contributed by atoms with van der Waals surface area (Å²) in [6, 6.07) is 12.3. The Bertz CT molecular complexity index is 789. The summed E-state index contributed by atoms with van der Waals surface area (Å²) in [4.78, 5) is 14.1. The summed E-state index contributed by atoms with van der Waals surface area (Å²) >= 11 is 1.69. The van der Waals surface area contributed by atoms with Gasteiger partial charge in [-0.3, -0.25) is 4.79 Å². The summed E-state index contributed by atoms with van der Waals surface area (Å²) < 4.78 is 0. The van der Waals surface area contributed by atoms with Crippen LogP contribution in [0.5, 0.6) is 0 Å². The second-order valence-electron chi connectivity index (χ2n) is 7.10. The summed E-state index contributed by atoms with van der Waals surface area (Å²) in [6.07, 6.45) is 1.50. The monoisotopic (exact) mass is 324 g/mol. The fraction of sp³-hybridized carbons (Fsp3) is 0.316. The Labute approximate surface area is 140 Å². The highest BCUT2D eigenvalue weighted by atomic mass is 32.1. The normalized spacial score (nSPS) is 22.5. The van der Waals surface area contributed by atoms with Crippen LogP contribution >= 0.6 is 11.3 Å². The van der Waals surface area contributed by atoms with E-state index in [9.17, 15) is 4.79 Å². The van der Waals surface area contributed by atoms with Crippen molar-refractivity contribution in [3.63, 3.8) is 0 Å².